The minimum Gasteiger partial charge on any atom is -0.460 e. The summed E-state index contributed by atoms with van der Waals surface area (Å²) in [4.78, 5) is 12.1. The zero-order chi connectivity index (χ0) is 22.4. The van der Waals surface area contributed by atoms with Crippen molar-refractivity contribution in [3.05, 3.63) is 47.9 Å². The van der Waals surface area contributed by atoms with Crippen LogP contribution in [0.1, 0.15) is 11.5 Å². The number of aromatic nitrogens is 3. The molecular formula is C17H16F3N7O3S. The first kappa shape index (κ1) is 22.0. The summed E-state index contributed by atoms with van der Waals surface area (Å²) in [7, 11) is 0. The van der Waals surface area contributed by atoms with Crippen molar-refractivity contribution in [2.75, 3.05) is 22.3 Å². The average molecular weight is 455 g/mol. The summed E-state index contributed by atoms with van der Waals surface area (Å²) >= 11 is 1.01. The molecule has 0 bridgehead atoms. The predicted octanol–water partition coefficient (Wildman–Crippen LogP) is 2.97. The van der Waals surface area contributed by atoms with E-state index in [1.165, 1.54) is 18.3 Å². The number of ether oxygens (including phenoxy) is 1. The molecule has 3 rings (SSSR count). The number of nitrogens with two attached hydrogens (primary N) is 1. The molecular weight excluding hydrogens is 439 g/mol. The van der Waals surface area contributed by atoms with Gasteiger partial charge in [-0.05, 0) is 43.3 Å². The number of furan rings is 1. The number of halogens is 3. The SMILES string of the molecule is Cc1ccc(/C=N/Nc2nnc(SCC(=O)Nc3ccc(OC(F)(F)F)cc3)n2N)o1. The summed E-state index contributed by atoms with van der Waals surface area (Å²) in [6.45, 7) is 1.80. The third-order valence-corrected chi connectivity index (χ3v) is 4.43. The second kappa shape index (κ2) is 9.42. The fourth-order valence-electron chi connectivity index (χ4n) is 2.20. The Kier molecular flexibility index (Phi) is 6.69. The summed E-state index contributed by atoms with van der Waals surface area (Å²) in [5.41, 5.74) is 2.91. The zero-order valence-electron chi connectivity index (χ0n) is 15.9. The Morgan fingerprint density at radius 2 is 2.03 bits per heavy atom. The van der Waals surface area contributed by atoms with Crippen LogP contribution in [0.25, 0.3) is 0 Å². The van der Waals surface area contributed by atoms with Gasteiger partial charge in [-0.25, -0.2) is 10.1 Å². The van der Waals surface area contributed by atoms with Crippen molar-refractivity contribution in [1.82, 2.24) is 14.9 Å². The maximum Gasteiger partial charge on any atom is 0.573 e. The number of carbonyl (C=O) groups is 1. The van der Waals surface area contributed by atoms with Crippen LogP contribution in [-0.4, -0.2) is 39.1 Å². The number of thioether (sulfide) groups is 1. The van der Waals surface area contributed by atoms with Crippen LogP contribution < -0.4 is 21.3 Å². The largest absolute Gasteiger partial charge is 0.573 e. The third kappa shape index (κ3) is 6.67. The van der Waals surface area contributed by atoms with Gasteiger partial charge >= 0.3 is 6.36 Å². The van der Waals surface area contributed by atoms with Crippen LogP contribution in [0.4, 0.5) is 24.8 Å². The molecule has 1 aromatic carbocycles. The van der Waals surface area contributed by atoms with E-state index in [-0.39, 0.29) is 22.6 Å². The fraction of sp³-hybridized carbons (Fsp3) is 0.176. The van der Waals surface area contributed by atoms with Crippen LogP contribution in [0.2, 0.25) is 0 Å². The molecule has 2 heterocycles. The molecule has 0 aliphatic rings. The van der Waals surface area contributed by atoms with E-state index in [1.54, 1.807) is 19.1 Å². The Morgan fingerprint density at radius 3 is 2.68 bits per heavy atom. The molecule has 0 saturated carbocycles. The fourth-order valence-corrected chi connectivity index (χ4v) is 2.85. The lowest BCUT2D eigenvalue weighted by molar-refractivity contribution is -0.274. The number of nitrogen functional groups attached to an aromatic ring is 1. The monoisotopic (exact) mass is 455 g/mol. The standard InChI is InChI=1S/C17H16F3N7O3S/c1-10-2-5-13(29-10)8-22-24-15-25-26-16(27(15)21)31-9-14(28)23-11-3-6-12(7-4-11)30-17(18,19)20/h2-8H,9,21H2,1H3,(H,23,28)(H,24,25)/b22-8+. The number of benzene rings is 1. The Labute approximate surface area is 177 Å². The van der Waals surface area contributed by atoms with Crippen molar-refractivity contribution in [2.24, 2.45) is 5.10 Å². The van der Waals surface area contributed by atoms with Crippen LogP contribution in [0, 0.1) is 6.92 Å². The number of hydrogen-bond acceptors (Lipinski definition) is 9. The van der Waals surface area contributed by atoms with Gasteiger partial charge in [-0.3, -0.25) is 4.79 Å². The lowest BCUT2D eigenvalue weighted by Gasteiger charge is -2.09. The van der Waals surface area contributed by atoms with Gasteiger partial charge in [-0.15, -0.1) is 23.4 Å². The summed E-state index contributed by atoms with van der Waals surface area (Å²) in [6.07, 6.45) is -3.34. The third-order valence-electron chi connectivity index (χ3n) is 3.49. The number of nitrogens with zero attached hydrogens (tertiary/aromatic N) is 4. The van der Waals surface area contributed by atoms with Crippen LogP contribution in [-0.2, 0) is 4.79 Å². The Balaban J connectivity index is 1.48. The zero-order valence-corrected chi connectivity index (χ0v) is 16.7. The second-order valence-electron chi connectivity index (χ2n) is 5.90. The maximum atomic E-state index is 12.2. The lowest BCUT2D eigenvalue weighted by atomic mass is 10.3. The van der Waals surface area contributed by atoms with Gasteiger partial charge < -0.3 is 20.3 Å². The number of aryl methyl sites for hydroxylation is 1. The molecule has 0 saturated heterocycles. The van der Waals surface area contributed by atoms with E-state index < -0.39 is 12.3 Å². The van der Waals surface area contributed by atoms with Gasteiger partial charge in [0.1, 0.15) is 17.3 Å². The Morgan fingerprint density at radius 1 is 1.29 bits per heavy atom. The smallest absolute Gasteiger partial charge is 0.460 e. The minimum absolute atomic E-state index is 0.0644. The summed E-state index contributed by atoms with van der Waals surface area (Å²) in [6, 6.07) is 8.29. The summed E-state index contributed by atoms with van der Waals surface area (Å²) in [5, 5.41) is 14.4. The highest BCUT2D eigenvalue weighted by Crippen LogP contribution is 2.24. The van der Waals surface area contributed by atoms with Gasteiger partial charge in [0.2, 0.25) is 11.1 Å². The molecule has 0 fully saturated rings. The first-order chi connectivity index (χ1) is 14.7. The van der Waals surface area contributed by atoms with Crippen LogP contribution >= 0.6 is 11.8 Å². The molecule has 31 heavy (non-hydrogen) atoms. The number of hydrogen-bond donors (Lipinski definition) is 3. The van der Waals surface area contributed by atoms with E-state index in [2.05, 4.69) is 30.8 Å². The van der Waals surface area contributed by atoms with Gasteiger partial charge in [0, 0.05) is 5.69 Å². The first-order valence-electron chi connectivity index (χ1n) is 8.54. The molecule has 0 aliphatic heterocycles. The van der Waals surface area contributed by atoms with Crippen molar-refractivity contribution < 1.29 is 27.1 Å². The maximum absolute atomic E-state index is 12.2. The number of alkyl halides is 3. The van der Waals surface area contributed by atoms with Gasteiger partial charge in [0.05, 0.1) is 12.0 Å². The predicted molar refractivity (Wildman–Crippen MR) is 107 cm³/mol. The molecule has 0 aliphatic carbocycles. The van der Waals surface area contributed by atoms with Crippen molar-refractivity contribution >= 4 is 35.5 Å². The Bertz CT molecular complexity index is 1060. The molecule has 0 radical (unpaired) electrons. The second-order valence-corrected chi connectivity index (χ2v) is 6.85. The molecule has 14 heteroatoms. The molecule has 4 N–H and O–H groups in total. The van der Waals surface area contributed by atoms with Gasteiger partial charge in [0.25, 0.3) is 5.95 Å². The normalized spacial score (nSPS) is 11.6. The van der Waals surface area contributed by atoms with E-state index in [0.717, 1.165) is 34.3 Å². The van der Waals surface area contributed by atoms with E-state index in [9.17, 15) is 18.0 Å². The molecule has 164 valence electrons. The molecule has 10 nitrogen and oxygen atoms in total. The topological polar surface area (TPSA) is 133 Å². The van der Waals surface area contributed by atoms with Crippen LogP contribution in [0.15, 0.2) is 51.1 Å². The number of amides is 1. The van der Waals surface area contributed by atoms with Crippen molar-refractivity contribution in [3.8, 4) is 5.75 Å². The molecule has 0 spiro atoms. The van der Waals surface area contributed by atoms with E-state index in [1.807, 2.05) is 0 Å². The van der Waals surface area contributed by atoms with Gasteiger partial charge in [-0.1, -0.05) is 11.8 Å². The lowest BCUT2D eigenvalue weighted by Crippen LogP contribution is -2.18. The van der Waals surface area contributed by atoms with Gasteiger partial charge in [-0.2, -0.15) is 5.10 Å². The molecule has 0 atom stereocenters. The number of rotatable bonds is 8. The van der Waals surface area contributed by atoms with E-state index in [0.29, 0.717) is 11.4 Å². The summed E-state index contributed by atoms with van der Waals surface area (Å²) < 4.78 is 46.7. The van der Waals surface area contributed by atoms with Gasteiger partial charge in [0.15, 0.2) is 0 Å². The van der Waals surface area contributed by atoms with E-state index in [4.69, 9.17) is 10.3 Å². The average Bonchev–Trinajstić information content (AvgIpc) is 3.26. The van der Waals surface area contributed by atoms with Crippen molar-refractivity contribution in [1.29, 1.82) is 0 Å². The molecule has 0 unspecified atom stereocenters. The molecule has 1 amide bonds. The number of anilines is 2. The van der Waals surface area contributed by atoms with Crippen molar-refractivity contribution in [3.63, 3.8) is 0 Å². The number of carbonyl (C=O) groups excluding carboxylic acids is 1. The molecule has 3 aromatic rings. The van der Waals surface area contributed by atoms with Crippen LogP contribution in [0.3, 0.4) is 0 Å². The number of hydrazone groups is 1. The van der Waals surface area contributed by atoms with E-state index >= 15 is 0 Å². The molecule has 2 aromatic heterocycles. The highest BCUT2D eigenvalue weighted by atomic mass is 32.2. The Hall–Kier alpha value is -3.68. The highest BCUT2D eigenvalue weighted by molar-refractivity contribution is 7.99. The first-order valence-corrected chi connectivity index (χ1v) is 9.52. The quantitative estimate of drug-likeness (QED) is 0.204. The minimum atomic E-state index is -4.78. The van der Waals surface area contributed by atoms with Crippen LogP contribution in [0.5, 0.6) is 5.75 Å². The highest BCUT2D eigenvalue weighted by Gasteiger charge is 2.30. The number of nitrogens with one attached hydrogen (secondary N) is 2. The summed E-state index contributed by atoms with van der Waals surface area (Å²) in [5.74, 6) is 6.42. The van der Waals surface area contributed by atoms with Crippen molar-refractivity contribution in [2.45, 2.75) is 18.4 Å².